The van der Waals surface area contributed by atoms with Crippen LogP contribution in [0.2, 0.25) is 15.1 Å². The molecule has 0 fully saturated rings. The molecule has 2 aromatic carbocycles. The van der Waals surface area contributed by atoms with E-state index in [2.05, 4.69) is 16.8 Å². The van der Waals surface area contributed by atoms with Gasteiger partial charge in [-0.1, -0.05) is 53.0 Å². The lowest BCUT2D eigenvalue weighted by Crippen LogP contribution is -2.40. The van der Waals surface area contributed by atoms with Gasteiger partial charge in [-0.3, -0.25) is 9.59 Å². The zero-order valence-corrected chi connectivity index (χ0v) is 20.9. The molecular weight excluding hydrogens is 499 g/mol. The van der Waals surface area contributed by atoms with Gasteiger partial charge >= 0.3 is 0 Å². The summed E-state index contributed by atoms with van der Waals surface area (Å²) >= 11 is 19.8. The van der Waals surface area contributed by atoms with Crippen LogP contribution in [0.3, 0.4) is 0 Å². The van der Waals surface area contributed by atoms with Crippen molar-refractivity contribution in [1.82, 2.24) is 10.2 Å². The fourth-order valence-electron chi connectivity index (χ4n) is 4.08. The van der Waals surface area contributed by atoms with Crippen LogP contribution in [0.4, 0.5) is 0 Å². The zero-order chi connectivity index (χ0) is 23.4. The maximum atomic E-state index is 13.1. The van der Waals surface area contributed by atoms with E-state index in [0.717, 1.165) is 23.1 Å². The number of halogens is 3. The third-order valence-electron chi connectivity index (χ3n) is 5.76. The number of nitrogens with one attached hydrogen (secondary N) is 1. The van der Waals surface area contributed by atoms with Crippen LogP contribution in [0, 0.1) is 0 Å². The van der Waals surface area contributed by atoms with Crippen LogP contribution >= 0.6 is 46.1 Å². The van der Waals surface area contributed by atoms with E-state index in [1.54, 1.807) is 23.5 Å². The molecule has 3 aromatic rings. The molecule has 0 saturated carbocycles. The summed E-state index contributed by atoms with van der Waals surface area (Å²) in [5.41, 5.74) is 3.18. The smallest absolute Gasteiger partial charge is 0.223 e. The summed E-state index contributed by atoms with van der Waals surface area (Å²) < 4.78 is 0. The van der Waals surface area contributed by atoms with Crippen LogP contribution in [-0.4, -0.2) is 29.8 Å². The molecule has 1 aliphatic heterocycles. The van der Waals surface area contributed by atoms with Crippen molar-refractivity contribution < 1.29 is 9.59 Å². The minimum absolute atomic E-state index is 0.0218. The Labute approximate surface area is 212 Å². The molecule has 4 nitrogen and oxygen atoms in total. The number of carbonyl (C=O) groups is 2. The first-order valence-electron chi connectivity index (χ1n) is 10.7. The molecule has 1 atom stereocenters. The summed E-state index contributed by atoms with van der Waals surface area (Å²) in [7, 11) is 0. The van der Waals surface area contributed by atoms with Crippen LogP contribution in [0.25, 0.3) is 0 Å². The van der Waals surface area contributed by atoms with Gasteiger partial charge in [-0.2, -0.15) is 0 Å². The molecule has 2 heterocycles. The molecule has 4 rings (SSSR count). The first kappa shape index (κ1) is 24.1. The standard InChI is InChI=1S/C25H23Cl3N2O2S/c26-18-4-2-17(3-5-18)25-19-11-14-33-22(19)10-13-30(25)24(32)8-7-23(31)29-12-9-16-1-6-20(27)21(28)15-16/h1-6,11,14-15,25H,7-10,12-13H2,(H,29,31). The minimum Gasteiger partial charge on any atom is -0.356 e. The van der Waals surface area contributed by atoms with Gasteiger partial charge in [0.25, 0.3) is 0 Å². The first-order valence-corrected chi connectivity index (χ1v) is 12.8. The van der Waals surface area contributed by atoms with Gasteiger partial charge in [-0.25, -0.2) is 0 Å². The number of fused-ring (bicyclic) bond motifs is 1. The molecular formula is C25H23Cl3N2O2S. The van der Waals surface area contributed by atoms with Crippen LogP contribution in [0.1, 0.15) is 40.5 Å². The Hall–Kier alpha value is -2.05. The lowest BCUT2D eigenvalue weighted by atomic mass is 9.93. The SMILES string of the molecule is O=C(CCC(=O)N1CCc2sccc2C1c1ccc(Cl)cc1)NCCc1ccc(Cl)c(Cl)c1. The summed E-state index contributed by atoms with van der Waals surface area (Å²) in [6.07, 6.45) is 1.80. The Morgan fingerprint density at radius 2 is 1.79 bits per heavy atom. The van der Waals surface area contributed by atoms with Crippen molar-refractivity contribution in [2.45, 2.75) is 31.7 Å². The highest BCUT2D eigenvalue weighted by atomic mass is 35.5. The average Bonchev–Trinajstić information content (AvgIpc) is 3.29. The number of hydrogen-bond acceptors (Lipinski definition) is 3. The predicted octanol–water partition coefficient (Wildman–Crippen LogP) is 6.32. The topological polar surface area (TPSA) is 49.4 Å². The van der Waals surface area contributed by atoms with E-state index in [1.165, 1.54) is 4.88 Å². The Bertz CT molecular complexity index is 1150. The van der Waals surface area contributed by atoms with Gasteiger partial charge < -0.3 is 10.2 Å². The maximum absolute atomic E-state index is 13.1. The molecule has 1 aromatic heterocycles. The average molecular weight is 522 g/mol. The molecule has 2 amide bonds. The van der Waals surface area contributed by atoms with E-state index in [9.17, 15) is 9.59 Å². The number of thiophene rings is 1. The highest BCUT2D eigenvalue weighted by Gasteiger charge is 2.32. The van der Waals surface area contributed by atoms with Crippen molar-refractivity contribution in [2.24, 2.45) is 0 Å². The van der Waals surface area contributed by atoms with Gasteiger partial charge in [-0.15, -0.1) is 11.3 Å². The van der Waals surface area contributed by atoms with Gasteiger partial charge in [0.15, 0.2) is 0 Å². The Morgan fingerprint density at radius 3 is 2.55 bits per heavy atom. The first-order chi connectivity index (χ1) is 15.9. The highest BCUT2D eigenvalue weighted by molar-refractivity contribution is 7.10. The second kappa shape index (κ2) is 10.9. The molecule has 0 bridgehead atoms. The number of carbonyl (C=O) groups excluding carboxylic acids is 2. The van der Waals surface area contributed by atoms with E-state index in [0.29, 0.717) is 34.6 Å². The van der Waals surface area contributed by atoms with Crippen LogP contribution in [-0.2, 0) is 22.4 Å². The van der Waals surface area contributed by atoms with Crippen LogP contribution < -0.4 is 5.32 Å². The van der Waals surface area contributed by atoms with Gasteiger partial charge in [0, 0.05) is 35.8 Å². The molecule has 172 valence electrons. The fraction of sp³-hybridized carbons (Fsp3) is 0.280. The Morgan fingerprint density at radius 1 is 1.00 bits per heavy atom. The van der Waals surface area contributed by atoms with Gasteiger partial charge in [0.1, 0.15) is 0 Å². The largest absolute Gasteiger partial charge is 0.356 e. The van der Waals surface area contributed by atoms with E-state index in [-0.39, 0.29) is 30.7 Å². The molecule has 33 heavy (non-hydrogen) atoms. The van der Waals surface area contributed by atoms with E-state index in [4.69, 9.17) is 34.8 Å². The molecule has 0 radical (unpaired) electrons. The highest BCUT2D eigenvalue weighted by Crippen LogP contribution is 2.38. The molecule has 1 N–H and O–H groups in total. The van der Waals surface area contributed by atoms with Gasteiger partial charge in [0.05, 0.1) is 16.1 Å². The summed E-state index contributed by atoms with van der Waals surface area (Å²) in [4.78, 5) is 28.7. The van der Waals surface area contributed by atoms with Crippen molar-refractivity contribution in [3.05, 3.63) is 90.5 Å². The third kappa shape index (κ3) is 5.90. The third-order valence-corrected chi connectivity index (χ3v) is 7.75. The van der Waals surface area contributed by atoms with E-state index < -0.39 is 0 Å². The number of rotatable bonds is 7. The second-order valence-electron chi connectivity index (χ2n) is 7.94. The Balaban J connectivity index is 1.34. The molecule has 0 aliphatic carbocycles. The second-order valence-corrected chi connectivity index (χ2v) is 10.2. The molecule has 8 heteroatoms. The summed E-state index contributed by atoms with van der Waals surface area (Å²) in [6.45, 7) is 1.11. The summed E-state index contributed by atoms with van der Waals surface area (Å²) in [6, 6.07) is 15.0. The van der Waals surface area contributed by atoms with Gasteiger partial charge in [0.2, 0.25) is 11.8 Å². The number of hydrogen-bond donors (Lipinski definition) is 1. The maximum Gasteiger partial charge on any atom is 0.223 e. The van der Waals surface area contributed by atoms with Gasteiger partial charge in [-0.05, 0) is 65.2 Å². The Kier molecular flexibility index (Phi) is 7.97. The van der Waals surface area contributed by atoms with Crippen LogP contribution in [0.5, 0.6) is 0 Å². The minimum atomic E-state index is -0.150. The number of benzene rings is 2. The zero-order valence-electron chi connectivity index (χ0n) is 17.8. The fourth-order valence-corrected chi connectivity index (χ4v) is 5.43. The number of amides is 2. The normalized spacial score (nSPS) is 15.2. The molecule has 1 unspecified atom stereocenters. The van der Waals surface area contributed by atoms with Crippen LogP contribution in [0.15, 0.2) is 53.9 Å². The van der Waals surface area contributed by atoms with Crippen molar-refractivity contribution >= 4 is 58.0 Å². The molecule has 0 saturated heterocycles. The van der Waals surface area contributed by atoms with Crippen molar-refractivity contribution in [3.63, 3.8) is 0 Å². The lowest BCUT2D eigenvalue weighted by Gasteiger charge is -2.36. The van der Waals surface area contributed by atoms with Crippen molar-refractivity contribution in [3.8, 4) is 0 Å². The monoisotopic (exact) mass is 520 g/mol. The van der Waals surface area contributed by atoms with Crippen molar-refractivity contribution in [1.29, 1.82) is 0 Å². The van der Waals surface area contributed by atoms with E-state index >= 15 is 0 Å². The molecule has 1 aliphatic rings. The quantitative estimate of drug-likeness (QED) is 0.395. The summed E-state index contributed by atoms with van der Waals surface area (Å²) in [5.74, 6) is -0.161. The van der Waals surface area contributed by atoms with E-state index in [1.807, 2.05) is 35.2 Å². The number of nitrogens with zero attached hydrogens (tertiary/aromatic N) is 1. The summed E-state index contributed by atoms with van der Waals surface area (Å²) in [5, 5.41) is 6.62. The lowest BCUT2D eigenvalue weighted by molar-refractivity contribution is -0.135. The molecule has 0 spiro atoms. The van der Waals surface area contributed by atoms with Crippen molar-refractivity contribution in [2.75, 3.05) is 13.1 Å². The predicted molar refractivity (Wildman–Crippen MR) is 135 cm³/mol.